The number of hydrogen-bond acceptors (Lipinski definition) is 6. The fourth-order valence-electron chi connectivity index (χ4n) is 4.17. The lowest BCUT2D eigenvalue weighted by Crippen LogP contribution is -2.30. The van der Waals surface area contributed by atoms with E-state index in [0.29, 0.717) is 0 Å². The van der Waals surface area contributed by atoms with Crippen molar-refractivity contribution in [1.82, 2.24) is 5.32 Å². The number of alkyl carbamates (subject to hydrolysis) is 1. The van der Waals surface area contributed by atoms with Gasteiger partial charge >= 0.3 is 6.09 Å². The SMILES string of the molecule is O=C(NCCC(O)C(O)c1cccc([N+](=O)[O-])c1)OCC1c2ccccc2-c2ccccc21. The Bertz CT molecular complexity index is 1120. The van der Waals surface area contributed by atoms with E-state index >= 15 is 0 Å². The first-order valence-corrected chi connectivity index (χ1v) is 10.6. The summed E-state index contributed by atoms with van der Waals surface area (Å²) in [6.07, 6.45) is -3.09. The van der Waals surface area contributed by atoms with E-state index in [1.165, 1.54) is 24.3 Å². The molecule has 0 saturated carbocycles. The normalized spacial score (nSPS) is 14.1. The number of nitrogens with zero attached hydrogens (tertiary/aromatic N) is 1. The first-order valence-electron chi connectivity index (χ1n) is 10.6. The number of nitro groups is 1. The number of amides is 1. The number of benzene rings is 3. The number of carbonyl (C=O) groups excluding carboxylic acids is 1. The summed E-state index contributed by atoms with van der Waals surface area (Å²) in [5, 5.41) is 34.0. The van der Waals surface area contributed by atoms with E-state index in [2.05, 4.69) is 17.4 Å². The van der Waals surface area contributed by atoms with Crippen LogP contribution in [0.4, 0.5) is 10.5 Å². The van der Waals surface area contributed by atoms with E-state index in [4.69, 9.17) is 4.74 Å². The average molecular weight is 448 g/mol. The molecule has 0 aromatic heterocycles. The molecule has 0 aliphatic heterocycles. The second kappa shape index (κ2) is 9.81. The molecule has 2 atom stereocenters. The van der Waals surface area contributed by atoms with Gasteiger partial charge in [-0.05, 0) is 34.2 Å². The maximum absolute atomic E-state index is 12.2. The molecular weight excluding hydrogens is 424 g/mol. The van der Waals surface area contributed by atoms with Crippen molar-refractivity contribution in [2.24, 2.45) is 0 Å². The molecule has 4 rings (SSSR count). The van der Waals surface area contributed by atoms with Crippen molar-refractivity contribution in [1.29, 1.82) is 0 Å². The number of aliphatic hydroxyl groups is 2. The van der Waals surface area contributed by atoms with Crippen LogP contribution in [0.3, 0.4) is 0 Å². The summed E-state index contributed by atoms with van der Waals surface area (Å²) < 4.78 is 5.44. The maximum Gasteiger partial charge on any atom is 0.407 e. The molecule has 8 heteroatoms. The van der Waals surface area contributed by atoms with Gasteiger partial charge in [0, 0.05) is 24.6 Å². The van der Waals surface area contributed by atoms with Gasteiger partial charge in [-0.15, -0.1) is 0 Å². The molecule has 0 saturated heterocycles. The number of ether oxygens (including phenoxy) is 1. The Morgan fingerprint density at radius 3 is 2.27 bits per heavy atom. The van der Waals surface area contributed by atoms with E-state index in [0.717, 1.165) is 22.3 Å². The van der Waals surface area contributed by atoms with Gasteiger partial charge in [0.1, 0.15) is 12.7 Å². The minimum Gasteiger partial charge on any atom is -0.449 e. The molecule has 3 aromatic carbocycles. The molecule has 3 aromatic rings. The highest BCUT2D eigenvalue weighted by Crippen LogP contribution is 2.44. The number of nitro benzene ring substituents is 1. The molecule has 2 unspecified atom stereocenters. The fourth-order valence-corrected chi connectivity index (χ4v) is 4.17. The Labute approximate surface area is 190 Å². The third kappa shape index (κ3) is 4.87. The van der Waals surface area contributed by atoms with Gasteiger partial charge in [0.15, 0.2) is 0 Å². The van der Waals surface area contributed by atoms with Gasteiger partial charge in [-0.1, -0.05) is 60.7 Å². The van der Waals surface area contributed by atoms with Crippen molar-refractivity contribution in [3.8, 4) is 11.1 Å². The van der Waals surface area contributed by atoms with E-state index in [1.54, 1.807) is 0 Å². The number of carbonyl (C=O) groups is 1. The van der Waals surface area contributed by atoms with E-state index in [9.17, 15) is 25.1 Å². The molecule has 33 heavy (non-hydrogen) atoms. The van der Waals surface area contributed by atoms with Gasteiger partial charge in [0.2, 0.25) is 0 Å². The molecule has 8 nitrogen and oxygen atoms in total. The minimum absolute atomic E-state index is 0.0497. The molecule has 170 valence electrons. The monoisotopic (exact) mass is 448 g/mol. The largest absolute Gasteiger partial charge is 0.449 e. The van der Waals surface area contributed by atoms with Crippen LogP contribution >= 0.6 is 0 Å². The molecule has 0 spiro atoms. The molecule has 0 fully saturated rings. The molecule has 0 radical (unpaired) electrons. The van der Waals surface area contributed by atoms with Crippen LogP contribution in [-0.4, -0.2) is 40.5 Å². The molecule has 1 aliphatic rings. The molecule has 0 heterocycles. The maximum atomic E-state index is 12.2. The van der Waals surface area contributed by atoms with Crippen molar-refractivity contribution < 1.29 is 24.7 Å². The summed E-state index contributed by atoms with van der Waals surface area (Å²) in [7, 11) is 0. The van der Waals surface area contributed by atoms with Crippen molar-refractivity contribution in [3.63, 3.8) is 0 Å². The van der Waals surface area contributed by atoms with E-state index in [-0.39, 0.29) is 36.7 Å². The summed E-state index contributed by atoms with van der Waals surface area (Å²) in [5.41, 5.74) is 4.57. The predicted molar refractivity (Wildman–Crippen MR) is 122 cm³/mol. The predicted octanol–water partition coefficient (Wildman–Crippen LogP) is 3.92. The van der Waals surface area contributed by atoms with Gasteiger partial charge in [-0.25, -0.2) is 4.79 Å². The van der Waals surface area contributed by atoms with Crippen LogP contribution in [-0.2, 0) is 4.74 Å². The van der Waals surface area contributed by atoms with Crippen molar-refractivity contribution in [2.45, 2.75) is 24.5 Å². The van der Waals surface area contributed by atoms with Crippen LogP contribution in [0.15, 0.2) is 72.8 Å². The van der Waals surface area contributed by atoms with Crippen LogP contribution in [0.2, 0.25) is 0 Å². The van der Waals surface area contributed by atoms with Crippen molar-refractivity contribution in [3.05, 3.63) is 99.6 Å². The fraction of sp³-hybridized carbons (Fsp3) is 0.240. The summed E-state index contributed by atoms with van der Waals surface area (Å²) in [5.74, 6) is -0.0515. The first-order chi connectivity index (χ1) is 16.0. The van der Waals surface area contributed by atoms with Crippen LogP contribution in [0, 0.1) is 10.1 Å². The number of nitrogens with one attached hydrogen (secondary N) is 1. The number of non-ortho nitro benzene ring substituents is 1. The second-order valence-corrected chi connectivity index (χ2v) is 7.91. The zero-order valence-electron chi connectivity index (χ0n) is 17.8. The van der Waals surface area contributed by atoms with Crippen LogP contribution in [0.25, 0.3) is 11.1 Å². The van der Waals surface area contributed by atoms with Crippen LogP contribution in [0.5, 0.6) is 0 Å². The smallest absolute Gasteiger partial charge is 0.407 e. The Morgan fingerprint density at radius 2 is 1.64 bits per heavy atom. The lowest BCUT2D eigenvalue weighted by molar-refractivity contribution is -0.385. The number of aliphatic hydroxyl groups excluding tert-OH is 2. The van der Waals surface area contributed by atoms with Crippen LogP contribution < -0.4 is 5.32 Å². The topological polar surface area (TPSA) is 122 Å². The number of rotatable bonds is 8. The summed E-state index contributed by atoms with van der Waals surface area (Å²) in [6.45, 7) is 0.253. The Kier molecular flexibility index (Phi) is 6.67. The number of hydrogen-bond donors (Lipinski definition) is 3. The molecule has 3 N–H and O–H groups in total. The molecule has 1 aliphatic carbocycles. The zero-order valence-corrected chi connectivity index (χ0v) is 17.8. The van der Waals surface area contributed by atoms with Gasteiger partial charge in [-0.3, -0.25) is 10.1 Å². The Morgan fingerprint density at radius 1 is 1.00 bits per heavy atom. The molecular formula is C25H24N2O6. The highest BCUT2D eigenvalue weighted by Gasteiger charge is 2.29. The summed E-state index contributed by atoms with van der Waals surface area (Å²) >= 11 is 0. The van der Waals surface area contributed by atoms with Gasteiger partial charge < -0.3 is 20.3 Å². The van der Waals surface area contributed by atoms with Gasteiger partial charge in [0.25, 0.3) is 5.69 Å². The van der Waals surface area contributed by atoms with E-state index in [1.807, 2.05) is 36.4 Å². The molecule has 1 amide bonds. The standard InChI is InChI=1S/C25H24N2O6/c28-23(24(29)16-6-5-7-17(14-16)27(31)32)12-13-26-25(30)33-15-22-20-10-3-1-8-18(20)19-9-2-4-11-21(19)22/h1-11,14,22-24,28-29H,12-13,15H2,(H,26,30). The Balaban J connectivity index is 1.28. The van der Waals surface area contributed by atoms with Gasteiger partial charge in [-0.2, -0.15) is 0 Å². The highest BCUT2D eigenvalue weighted by molar-refractivity contribution is 5.79. The van der Waals surface area contributed by atoms with Crippen molar-refractivity contribution in [2.75, 3.05) is 13.2 Å². The van der Waals surface area contributed by atoms with Gasteiger partial charge in [0.05, 0.1) is 11.0 Å². The third-order valence-electron chi connectivity index (χ3n) is 5.84. The summed E-state index contributed by atoms with van der Waals surface area (Å²) in [6, 6.07) is 21.5. The zero-order chi connectivity index (χ0) is 23.4. The first kappa shape index (κ1) is 22.4. The lowest BCUT2D eigenvalue weighted by Gasteiger charge is -2.18. The highest BCUT2D eigenvalue weighted by atomic mass is 16.6. The Hall–Kier alpha value is -3.75. The van der Waals surface area contributed by atoms with Crippen LogP contribution in [0.1, 0.15) is 35.1 Å². The van der Waals surface area contributed by atoms with E-state index < -0.39 is 23.2 Å². The quantitative estimate of drug-likeness (QED) is 0.355. The average Bonchev–Trinajstić information content (AvgIpc) is 3.16. The lowest BCUT2D eigenvalue weighted by atomic mass is 9.98. The number of fused-ring (bicyclic) bond motifs is 3. The third-order valence-corrected chi connectivity index (χ3v) is 5.84. The summed E-state index contributed by atoms with van der Waals surface area (Å²) in [4.78, 5) is 22.5. The molecule has 0 bridgehead atoms. The second-order valence-electron chi connectivity index (χ2n) is 7.91. The van der Waals surface area contributed by atoms with Crippen molar-refractivity contribution >= 4 is 11.8 Å². The minimum atomic E-state index is -1.31.